The molecule has 1 N–H and O–H groups in total. The van der Waals surface area contributed by atoms with E-state index < -0.39 is 0 Å². The number of rotatable bonds is 2. The Hall–Kier alpha value is -1.28. The van der Waals surface area contributed by atoms with Gasteiger partial charge in [0.2, 0.25) is 0 Å². The quantitative estimate of drug-likeness (QED) is 0.780. The summed E-state index contributed by atoms with van der Waals surface area (Å²) in [5, 5.41) is 9.04. The van der Waals surface area contributed by atoms with E-state index in [0.717, 1.165) is 12.1 Å². The van der Waals surface area contributed by atoms with Crippen LogP contribution >= 0.6 is 0 Å². The lowest BCUT2D eigenvalue weighted by atomic mass is 10.2. The molecule has 0 bridgehead atoms. The van der Waals surface area contributed by atoms with Crippen LogP contribution in [0.25, 0.3) is 6.08 Å². The number of aromatic hydroxyl groups is 1. The molecule has 1 rings (SSSR count). The molecule has 0 unspecified atom stereocenters. The molecule has 0 aliphatic rings. The van der Waals surface area contributed by atoms with Gasteiger partial charge in [-0.3, -0.25) is 0 Å². The van der Waals surface area contributed by atoms with Crippen LogP contribution in [0.3, 0.4) is 0 Å². The number of hydrogen-bond donors (Lipinski definition) is 1. The van der Waals surface area contributed by atoms with Gasteiger partial charge in [-0.25, -0.2) is 0 Å². The van der Waals surface area contributed by atoms with E-state index in [1.165, 1.54) is 0 Å². The second-order valence-electron chi connectivity index (χ2n) is 3.16. The molecular weight excluding hydrogens is 174 g/mol. The maximum atomic E-state index is 9.04. The zero-order chi connectivity index (χ0) is 11.0. The van der Waals surface area contributed by atoms with Crippen molar-refractivity contribution in [2.75, 3.05) is 20.6 Å². The summed E-state index contributed by atoms with van der Waals surface area (Å²) in [5.74, 6) is 0.285. The summed E-state index contributed by atoms with van der Waals surface area (Å²) in [6.07, 6.45) is 1.62. The molecule has 0 aliphatic heterocycles. The molecule has 1 aromatic carbocycles. The zero-order valence-corrected chi connectivity index (χ0v) is 9.20. The second kappa shape index (κ2) is 7.15. The maximum absolute atomic E-state index is 9.04. The Bertz CT molecular complexity index is 269. The second-order valence-corrected chi connectivity index (χ2v) is 3.16. The normalized spacial score (nSPS) is 9.14. The minimum atomic E-state index is 0.285. The fourth-order valence-corrected chi connectivity index (χ4v) is 0.660. The lowest BCUT2D eigenvalue weighted by molar-refractivity contribution is 0.434. The molecule has 1 aromatic rings. The van der Waals surface area contributed by atoms with Gasteiger partial charge < -0.3 is 10.0 Å². The highest BCUT2D eigenvalue weighted by molar-refractivity contribution is 5.54. The lowest BCUT2D eigenvalue weighted by Crippen LogP contribution is -2.08. The number of para-hydroxylation sites is 1. The van der Waals surface area contributed by atoms with E-state index in [0.29, 0.717) is 0 Å². The highest BCUT2D eigenvalue weighted by Gasteiger charge is 1.89. The van der Waals surface area contributed by atoms with Gasteiger partial charge in [-0.15, -0.1) is 0 Å². The average Bonchev–Trinajstić information content (AvgIpc) is 2.19. The Kier molecular flexibility index (Phi) is 6.50. The molecule has 0 saturated carbocycles. The van der Waals surface area contributed by atoms with Crippen LogP contribution in [0.4, 0.5) is 0 Å². The first-order valence-corrected chi connectivity index (χ1v) is 4.67. The predicted octanol–water partition coefficient (Wildman–Crippen LogP) is 2.60. The molecule has 14 heavy (non-hydrogen) atoms. The first kappa shape index (κ1) is 12.7. The summed E-state index contributed by atoms with van der Waals surface area (Å²) in [5.41, 5.74) is 0.775. The molecule has 0 spiro atoms. The van der Waals surface area contributed by atoms with E-state index in [1.54, 1.807) is 18.2 Å². The van der Waals surface area contributed by atoms with E-state index >= 15 is 0 Å². The smallest absolute Gasteiger partial charge is 0.122 e. The van der Waals surface area contributed by atoms with Crippen LogP contribution in [0, 0.1) is 0 Å². The maximum Gasteiger partial charge on any atom is 0.122 e. The fraction of sp³-hybridized carbons (Fsp3) is 0.333. The molecule has 0 saturated heterocycles. The molecule has 0 heterocycles. The molecule has 0 fully saturated rings. The molecule has 2 nitrogen and oxygen atoms in total. The predicted molar refractivity (Wildman–Crippen MR) is 62.4 cm³/mol. The Balaban J connectivity index is 0.000000292. The van der Waals surface area contributed by atoms with Gasteiger partial charge in [0.25, 0.3) is 0 Å². The highest BCUT2D eigenvalue weighted by atomic mass is 16.3. The average molecular weight is 193 g/mol. The Morgan fingerprint density at radius 3 is 2.14 bits per heavy atom. The van der Waals surface area contributed by atoms with Gasteiger partial charge in [0.05, 0.1) is 0 Å². The summed E-state index contributed by atoms with van der Waals surface area (Å²) in [4.78, 5) is 2.12. The van der Waals surface area contributed by atoms with Crippen molar-refractivity contribution in [1.82, 2.24) is 4.90 Å². The number of hydrogen-bond acceptors (Lipinski definition) is 2. The summed E-state index contributed by atoms with van der Waals surface area (Å²) in [6.45, 7) is 6.80. The highest BCUT2D eigenvalue weighted by Crippen LogP contribution is 2.15. The van der Waals surface area contributed by atoms with Crippen LogP contribution in [-0.2, 0) is 0 Å². The van der Waals surface area contributed by atoms with Crippen molar-refractivity contribution in [2.24, 2.45) is 0 Å². The molecule has 78 valence electrons. The van der Waals surface area contributed by atoms with Crippen LogP contribution in [0.2, 0.25) is 0 Å². The van der Waals surface area contributed by atoms with Crippen molar-refractivity contribution in [3.63, 3.8) is 0 Å². The summed E-state index contributed by atoms with van der Waals surface area (Å²) in [7, 11) is 4.11. The minimum absolute atomic E-state index is 0.285. The summed E-state index contributed by atoms with van der Waals surface area (Å²) >= 11 is 0. The Morgan fingerprint density at radius 2 is 1.86 bits per heavy atom. The van der Waals surface area contributed by atoms with E-state index in [-0.39, 0.29) is 5.75 Å². The van der Waals surface area contributed by atoms with E-state index in [4.69, 9.17) is 5.11 Å². The lowest BCUT2D eigenvalue weighted by Gasteiger charge is -2.00. The Morgan fingerprint density at radius 1 is 1.36 bits per heavy atom. The molecule has 2 heteroatoms. The monoisotopic (exact) mass is 193 g/mol. The first-order chi connectivity index (χ1) is 6.61. The third-order valence-electron chi connectivity index (χ3n) is 1.79. The van der Waals surface area contributed by atoms with Crippen LogP contribution in [0.5, 0.6) is 5.75 Å². The van der Waals surface area contributed by atoms with Crippen molar-refractivity contribution in [2.45, 2.75) is 6.92 Å². The minimum Gasteiger partial charge on any atom is -0.507 e. The molecule has 0 radical (unpaired) electrons. The van der Waals surface area contributed by atoms with Crippen molar-refractivity contribution < 1.29 is 5.11 Å². The molecule has 0 atom stereocenters. The van der Waals surface area contributed by atoms with Crippen LogP contribution in [-0.4, -0.2) is 30.6 Å². The largest absolute Gasteiger partial charge is 0.507 e. The van der Waals surface area contributed by atoms with Gasteiger partial charge in [-0.1, -0.05) is 37.8 Å². The summed E-state index contributed by atoms with van der Waals surface area (Å²) < 4.78 is 0. The van der Waals surface area contributed by atoms with Gasteiger partial charge in [0.15, 0.2) is 0 Å². The standard InChI is InChI=1S/C8H8O.C4H11N/c1-2-7-5-3-4-6-8(7)9;1-4-5(2)3/h2-6,9H,1H2;4H2,1-3H3. The van der Waals surface area contributed by atoms with Crippen LogP contribution < -0.4 is 0 Å². The van der Waals surface area contributed by atoms with E-state index in [1.807, 2.05) is 12.1 Å². The SMILES string of the molecule is C=Cc1ccccc1O.CCN(C)C. The third-order valence-corrected chi connectivity index (χ3v) is 1.79. The topological polar surface area (TPSA) is 23.5 Å². The van der Waals surface area contributed by atoms with Gasteiger partial charge >= 0.3 is 0 Å². The number of benzene rings is 1. The molecular formula is C12H19NO. The van der Waals surface area contributed by atoms with E-state index in [9.17, 15) is 0 Å². The first-order valence-electron chi connectivity index (χ1n) is 4.67. The van der Waals surface area contributed by atoms with Crippen molar-refractivity contribution in [1.29, 1.82) is 0 Å². The van der Waals surface area contributed by atoms with E-state index in [2.05, 4.69) is 32.5 Å². The number of phenolic OH excluding ortho intramolecular Hbond substituents is 1. The molecule has 0 aromatic heterocycles. The molecule has 0 amide bonds. The molecule has 0 aliphatic carbocycles. The Labute approximate surface area is 86.5 Å². The number of nitrogens with zero attached hydrogens (tertiary/aromatic N) is 1. The van der Waals surface area contributed by atoms with Crippen molar-refractivity contribution in [3.05, 3.63) is 36.4 Å². The van der Waals surface area contributed by atoms with Gasteiger partial charge in [0.1, 0.15) is 5.75 Å². The van der Waals surface area contributed by atoms with Crippen molar-refractivity contribution in [3.8, 4) is 5.75 Å². The van der Waals surface area contributed by atoms with Gasteiger partial charge in [-0.05, 0) is 26.7 Å². The van der Waals surface area contributed by atoms with Crippen LogP contribution in [0.15, 0.2) is 30.8 Å². The summed E-state index contributed by atoms with van der Waals surface area (Å²) in [6, 6.07) is 7.08. The van der Waals surface area contributed by atoms with Gasteiger partial charge in [-0.2, -0.15) is 0 Å². The third kappa shape index (κ3) is 5.38. The van der Waals surface area contributed by atoms with Gasteiger partial charge in [0, 0.05) is 5.56 Å². The van der Waals surface area contributed by atoms with Crippen LogP contribution in [0.1, 0.15) is 12.5 Å². The van der Waals surface area contributed by atoms with Crippen molar-refractivity contribution >= 4 is 6.08 Å². The zero-order valence-electron chi connectivity index (χ0n) is 9.20. The fourth-order valence-electron chi connectivity index (χ4n) is 0.660. The number of phenols is 1.